The predicted molar refractivity (Wildman–Crippen MR) is 75.5 cm³/mol. The zero-order valence-corrected chi connectivity index (χ0v) is 12.6. The van der Waals surface area contributed by atoms with E-state index in [1.165, 1.54) is 0 Å². The number of nitrogens with one attached hydrogen (secondary N) is 1. The summed E-state index contributed by atoms with van der Waals surface area (Å²) >= 11 is 0. The van der Waals surface area contributed by atoms with Gasteiger partial charge in [0.15, 0.2) is 0 Å². The molecule has 5 nitrogen and oxygen atoms in total. The molecule has 1 aliphatic rings. The first-order valence-corrected chi connectivity index (χ1v) is 7.99. The molecule has 0 aliphatic heterocycles. The van der Waals surface area contributed by atoms with Crippen molar-refractivity contribution in [2.75, 3.05) is 25.5 Å². The van der Waals surface area contributed by atoms with Crippen molar-refractivity contribution in [3.63, 3.8) is 0 Å². The SMILES string of the molecule is CCOCCS(=O)(=O)NCC1CCCC(N)C1.Cl. The maximum Gasteiger partial charge on any atom is 0.213 e. The molecule has 2 unspecified atom stereocenters. The maximum absolute atomic E-state index is 11.6. The van der Waals surface area contributed by atoms with E-state index in [1.807, 2.05) is 6.92 Å². The summed E-state index contributed by atoms with van der Waals surface area (Å²) in [5.41, 5.74) is 5.87. The molecule has 1 rings (SSSR count). The highest BCUT2D eigenvalue weighted by Crippen LogP contribution is 2.22. The molecule has 0 aromatic carbocycles. The number of nitrogens with two attached hydrogens (primary N) is 1. The summed E-state index contributed by atoms with van der Waals surface area (Å²) in [5.74, 6) is 0.431. The lowest BCUT2D eigenvalue weighted by Gasteiger charge is -2.26. The fourth-order valence-corrected chi connectivity index (χ4v) is 3.12. The molecular formula is C11H25ClN2O3S. The van der Waals surface area contributed by atoms with Crippen LogP contribution in [0, 0.1) is 5.92 Å². The van der Waals surface area contributed by atoms with Gasteiger partial charge in [-0.3, -0.25) is 0 Å². The van der Waals surface area contributed by atoms with Gasteiger partial charge in [0.2, 0.25) is 10.0 Å². The van der Waals surface area contributed by atoms with Gasteiger partial charge in [0, 0.05) is 19.2 Å². The van der Waals surface area contributed by atoms with E-state index in [9.17, 15) is 8.42 Å². The average Bonchev–Trinajstić information content (AvgIpc) is 2.27. The first-order valence-electron chi connectivity index (χ1n) is 6.34. The Labute approximate surface area is 116 Å². The summed E-state index contributed by atoms with van der Waals surface area (Å²) in [4.78, 5) is 0. The average molecular weight is 301 g/mol. The third-order valence-electron chi connectivity index (χ3n) is 3.12. The molecule has 1 saturated carbocycles. The van der Waals surface area contributed by atoms with Crippen LogP contribution in [0.15, 0.2) is 0 Å². The van der Waals surface area contributed by atoms with Crippen LogP contribution in [0.25, 0.3) is 0 Å². The normalized spacial score (nSPS) is 24.6. The van der Waals surface area contributed by atoms with Crippen molar-refractivity contribution in [3.05, 3.63) is 0 Å². The molecule has 0 radical (unpaired) electrons. The summed E-state index contributed by atoms with van der Waals surface area (Å²) in [5, 5.41) is 0. The Balaban J connectivity index is 0.00000289. The van der Waals surface area contributed by atoms with Crippen LogP contribution in [0.4, 0.5) is 0 Å². The van der Waals surface area contributed by atoms with Crippen molar-refractivity contribution in [2.45, 2.75) is 38.6 Å². The molecule has 1 fully saturated rings. The van der Waals surface area contributed by atoms with E-state index in [4.69, 9.17) is 10.5 Å². The largest absolute Gasteiger partial charge is 0.381 e. The molecule has 0 aromatic rings. The van der Waals surface area contributed by atoms with Gasteiger partial charge in [0.1, 0.15) is 0 Å². The molecule has 2 atom stereocenters. The summed E-state index contributed by atoms with van der Waals surface area (Å²) in [7, 11) is -3.19. The Morgan fingerprint density at radius 2 is 2.11 bits per heavy atom. The van der Waals surface area contributed by atoms with Gasteiger partial charge in [-0.05, 0) is 32.1 Å². The van der Waals surface area contributed by atoms with Crippen LogP contribution in [0.2, 0.25) is 0 Å². The third kappa shape index (κ3) is 7.53. The van der Waals surface area contributed by atoms with E-state index in [-0.39, 0.29) is 30.8 Å². The van der Waals surface area contributed by atoms with Gasteiger partial charge in [0.25, 0.3) is 0 Å². The smallest absolute Gasteiger partial charge is 0.213 e. The molecule has 18 heavy (non-hydrogen) atoms. The summed E-state index contributed by atoms with van der Waals surface area (Å²) < 4.78 is 30.9. The fraction of sp³-hybridized carbons (Fsp3) is 1.00. The second-order valence-corrected chi connectivity index (χ2v) is 6.58. The van der Waals surface area contributed by atoms with Crippen LogP contribution < -0.4 is 10.5 Å². The number of ether oxygens (including phenoxy) is 1. The standard InChI is InChI=1S/C11H24N2O3S.ClH/c1-2-16-6-7-17(14,15)13-9-10-4-3-5-11(12)8-10;/h10-11,13H,2-9,12H2,1H3;1H. The van der Waals surface area contributed by atoms with E-state index < -0.39 is 10.0 Å². The van der Waals surface area contributed by atoms with Gasteiger partial charge in [-0.2, -0.15) is 0 Å². The van der Waals surface area contributed by atoms with Crippen LogP contribution in [0.5, 0.6) is 0 Å². The molecule has 0 amide bonds. The molecule has 0 aromatic heterocycles. The number of rotatable bonds is 7. The van der Waals surface area contributed by atoms with Gasteiger partial charge in [-0.25, -0.2) is 13.1 Å². The molecule has 0 saturated heterocycles. The van der Waals surface area contributed by atoms with Crippen molar-refractivity contribution in [1.29, 1.82) is 0 Å². The Kier molecular flexibility index (Phi) is 9.15. The number of halogens is 1. The minimum absolute atomic E-state index is 0. The van der Waals surface area contributed by atoms with Crippen molar-refractivity contribution < 1.29 is 13.2 Å². The third-order valence-corrected chi connectivity index (χ3v) is 4.43. The molecule has 0 heterocycles. The molecular weight excluding hydrogens is 276 g/mol. The second kappa shape index (κ2) is 9.09. The molecule has 3 N–H and O–H groups in total. The second-order valence-electron chi connectivity index (χ2n) is 4.66. The first kappa shape index (κ1) is 18.1. The van der Waals surface area contributed by atoms with Crippen LogP contribution in [0.1, 0.15) is 32.6 Å². The lowest BCUT2D eigenvalue weighted by molar-refractivity contribution is 0.163. The highest BCUT2D eigenvalue weighted by Gasteiger charge is 2.20. The van der Waals surface area contributed by atoms with Crippen molar-refractivity contribution in [2.24, 2.45) is 11.7 Å². The Hall–Kier alpha value is 0.120. The Morgan fingerprint density at radius 1 is 1.39 bits per heavy atom. The van der Waals surface area contributed by atoms with Gasteiger partial charge in [0.05, 0.1) is 12.4 Å². The first-order chi connectivity index (χ1) is 8.03. The molecule has 110 valence electrons. The maximum atomic E-state index is 11.6. The fourth-order valence-electron chi connectivity index (χ4n) is 2.15. The summed E-state index contributed by atoms with van der Waals surface area (Å²) in [6.07, 6.45) is 4.16. The van der Waals surface area contributed by atoms with Crippen LogP contribution in [-0.4, -0.2) is 40.0 Å². The number of sulfonamides is 1. The predicted octanol–water partition coefficient (Wildman–Crippen LogP) is 0.882. The van der Waals surface area contributed by atoms with E-state index in [2.05, 4.69) is 4.72 Å². The van der Waals surface area contributed by atoms with Crippen LogP contribution in [0.3, 0.4) is 0 Å². The number of hydrogen-bond donors (Lipinski definition) is 2. The van der Waals surface area contributed by atoms with E-state index in [0.717, 1.165) is 25.7 Å². The molecule has 1 aliphatic carbocycles. The lowest BCUT2D eigenvalue weighted by atomic mass is 9.86. The van der Waals surface area contributed by atoms with Gasteiger partial charge in [-0.1, -0.05) is 6.42 Å². The lowest BCUT2D eigenvalue weighted by Crippen LogP contribution is -2.37. The van der Waals surface area contributed by atoms with E-state index >= 15 is 0 Å². The van der Waals surface area contributed by atoms with E-state index in [1.54, 1.807) is 0 Å². The van der Waals surface area contributed by atoms with Crippen LogP contribution in [-0.2, 0) is 14.8 Å². The minimum atomic E-state index is -3.19. The van der Waals surface area contributed by atoms with Crippen molar-refractivity contribution >= 4 is 22.4 Å². The van der Waals surface area contributed by atoms with Gasteiger partial charge < -0.3 is 10.5 Å². The monoisotopic (exact) mass is 300 g/mol. The summed E-state index contributed by atoms with van der Waals surface area (Å²) in [6.45, 7) is 3.18. The van der Waals surface area contributed by atoms with Crippen molar-refractivity contribution in [1.82, 2.24) is 4.72 Å². The number of hydrogen-bond acceptors (Lipinski definition) is 4. The zero-order valence-electron chi connectivity index (χ0n) is 10.9. The topological polar surface area (TPSA) is 81.4 Å². The highest BCUT2D eigenvalue weighted by molar-refractivity contribution is 7.89. The quantitative estimate of drug-likeness (QED) is 0.684. The zero-order chi connectivity index (χ0) is 12.7. The molecule has 0 spiro atoms. The Morgan fingerprint density at radius 3 is 2.72 bits per heavy atom. The molecule has 0 bridgehead atoms. The molecule has 7 heteroatoms. The summed E-state index contributed by atoms with van der Waals surface area (Å²) in [6, 6.07) is 0.238. The van der Waals surface area contributed by atoms with E-state index in [0.29, 0.717) is 19.1 Å². The Bertz CT molecular complexity index is 311. The van der Waals surface area contributed by atoms with Gasteiger partial charge in [-0.15, -0.1) is 12.4 Å². The minimum Gasteiger partial charge on any atom is -0.381 e. The van der Waals surface area contributed by atoms with Crippen molar-refractivity contribution in [3.8, 4) is 0 Å². The van der Waals surface area contributed by atoms with Gasteiger partial charge >= 0.3 is 0 Å². The highest BCUT2D eigenvalue weighted by atomic mass is 35.5. The van der Waals surface area contributed by atoms with Crippen LogP contribution >= 0.6 is 12.4 Å².